The molecular formula is C19H20N6S. The van der Waals surface area contributed by atoms with Crippen molar-refractivity contribution in [3.05, 3.63) is 53.7 Å². The number of nitrogens with zero attached hydrogens (tertiary/aromatic N) is 5. The third kappa shape index (κ3) is 3.17. The van der Waals surface area contributed by atoms with Gasteiger partial charge in [0, 0.05) is 30.5 Å². The number of thiophene rings is 1. The summed E-state index contributed by atoms with van der Waals surface area (Å²) in [5, 5.41) is 14.8. The Morgan fingerprint density at radius 1 is 1.15 bits per heavy atom. The first-order chi connectivity index (χ1) is 12.8. The van der Waals surface area contributed by atoms with Crippen LogP contribution in [0.25, 0.3) is 21.3 Å². The second-order valence-corrected chi connectivity index (χ2v) is 7.00. The molecular weight excluding hydrogens is 344 g/mol. The summed E-state index contributed by atoms with van der Waals surface area (Å²) < 4.78 is 2.07. The van der Waals surface area contributed by atoms with E-state index >= 15 is 0 Å². The molecule has 0 atom stereocenters. The lowest BCUT2D eigenvalue weighted by Gasteiger charge is -2.10. The molecule has 1 N–H and O–H groups in total. The van der Waals surface area contributed by atoms with Gasteiger partial charge in [0.2, 0.25) is 0 Å². The summed E-state index contributed by atoms with van der Waals surface area (Å²) in [5.41, 5.74) is 3.61. The molecule has 0 unspecified atom stereocenters. The zero-order valence-electron chi connectivity index (χ0n) is 14.8. The van der Waals surface area contributed by atoms with E-state index in [0.29, 0.717) is 0 Å². The van der Waals surface area contributed by atoms with Gasteiger partial charge in [0.1, 0.15) is 29.1 Å². The van der Waals surface area contributed by atoms with Crippen molar-refractivity contribution in [2.24, 2.45) is 0 Å². The van der Waals surface area contributed by atoms with Crippen LogP contribution in [0.3, 0.4) is 0 Å². The number of anilines is 1. The highest BCUT2D eigenvalue weighted by molar-refractivity contribution is 7.17. The first kappa shape index (κ1) is 16.7. The first-order valence-corrected chi connectivity index (χ1v) is 9.54. The summed E-state index contributed by atoms with van der Waals surface area (Å²) in [6.07, 6.45) is 4.27. The summed E-state index contributed by atoms with van der Waals surface area (Å²) in [4.78, 5) is 9.92. The number of hydrogen-bond acceptors (Lipinski definition) is 6. The average molecular weight is 364 g/mol. The van der Waals surface area contributed by atoms with Crippen molar-refractivity contribution in [3.8, 4) is 11.1 Å². The molecule has 132 valence electrons. The highest BCUT2D eigenvalue weighted by atomic mass is 32.1. The van der Waals surface area contributed by atoms with Crippen LogP contribution >= 0.6 is 11.3 Å². The smallest absolute Gasteiger partial charge is 0.138 e. The monoisotopic (exact) mass is 364 g/mol. The van der Waals surface area contributed by atoms with Gasteiger partial charge in [0.05, 0.1) is 5.39 Å². The maximum Gasteiger partial charge on any atom is 0.138 e. The van der Waals surface area contributed by atoms with Crippen LogP contribution in [-0.4, -0.2) is 31.3 Å². The maximum absolute atomic E-state index is 4.49. The molecule has 0 aliphatic heterocycles. The van der Waals surface area contributed by atoms with Gasteiger partial charge in [-0.15, -0.1) is 21.5 Å². The molecule has 0 spiro atoms. The van der Waals surface area contributed by atoms with E-state index in [2.05, 4.69) is 73.5 Å². The summed E-state index contributed by atoms with van der Waals surface area (Å²) in [6.45, 7) is 5.73. The van der Waals surface area contributed by atoms with Gasteiger partial charge in [0.25, 0.3) is 0 Å². The minimum absolute atomic E-state index is 0.750. The standard InChI is InChI=1S/C19H20N6S/c1-3-16-24-23-12-25(16)9-8-20-18-17-15(10-26-19(17)22-11-21-18)14-6-4-13(2)5-7-14/h4-7,10-12H,3,8-9H2,1-2H3,(H,20,21,22). The van der Waals surface area contributed by atoms with Gasteiger partial charge in [-0.1, -0.05) is 36.8 Å². The third-order valence-corrected chi connectivity index (χ3v) is 5.28. The van der Waals surface area contributed by atoms with E-state index in [1.54, 1.807) is 24.0 Å². The van der Waals surface area contributed by atoms with Crippen LogP contribution in [0.5, 0.6) is 0 Å². The second kappa shape index (κ2) is 7.21. The van der Waals surface area contributed by atoms with Crippen LogP contribution in [0.1, 0.15) is 18.3 Å². The van der Waals surface area contributed by atoms with E-state index in [1.165, 1.54) is 16.7 Å². The molecule has 0 saturated heterocycles. The highest BCUT2D eigenvalue weighted by Crippen LogP contribution is 2.36. The van der Waals surface area contributed by atoms with Crippen LogP contribution in [-0.2, 0) is 13.0 Å². The summed E-state index contributed by atoms with van der Waals surface area (Å²) in [6, 6.07) is 8.57. The molecule has 3 aromatic heterocycles. The Bertz CT molecular complexity index is 1020. The molecule has 4 rings (SSSR count). The van der Waals surface area contributed by atoms with Crippen molar-refractivity contribution in [1.82, 2.24) is 24.7 Å². The number of fused-ring (bicyclic) bond motifs is 1. The quantitative estimate of drug-likeness (QED) is 0.561. The first-order valence-electron chi connectivity index (χ1n) is 8.66. The zero-order valence-corrected chi connectivity index (χ0v) is 15.6. The zero-order chi connectivity index (χ0) is 17.9. The number of nitrogens with one attached hydrogen (secondary N) is 1. The topological polar surface area (TPSA) is 68.5 Å². The number of benzene rings is 1. The van der Waals surface area contributed by atoms with E-state index in [1.807, 2.05) is 0 Å². The van der Waals surface area contributed by atoms with E-state index in [-0.39, 0.29) is 0 Å². The Hall–Kier alpha value is -2.80. The van der Waals surface area contributed by atoms with Crippen molar-refractivity contribution in [2.45, 2.75) is 26.8 Å². The Balaban J connectivity index is 1.61. The fraction of sp³-hybridized carbons (Fsp3) is 0.263. The van der Waals surface area contributed by atoms with Crippen molar-refractivity contribution in [2.75, 3.05) is 11.9 Å². The fourth-order valence-corrected chi connectivity index (χ4v) is 3.90. The minimum Gasteiger partial charge on any atom is -0.368 e. The molecule has 0 aliphatic rings. The van der Waals surface area contributed by atoms with Crippen LogP contribution < -0.4 is 5.32 Å². The maximum atomic E-state index is 4.49. The Morgan fingerprint density at radius 3 is 2.81 bits per heavy atom. The van der Waals surface area contributed by atoms with Crippen molar-refractivity contribution in [3.63, 3.8) is 0 Å². The Morgan fingerprint density at radius 2 is 2.00 bits per heavy atom. The molecule has 0 fully saturated rings. The second-order valence-electron chi connectivity index (χ2n) is 6.14. The van der Waals surface area contributed by atoms with E-state index in [4.69, 9.17) is 0 Å². The molecule has 0 amide bonds. The molecule has 7 heteroatoms. The van der Waals surface area contributed by atoms with Crippen LogP contribution in [0.15, 0.2) is 42.3 Å². The molecule has 0 aliphatic carbocycles. The number of aromatic nitrogens is 5. The van der Waals surface area contributed by atoms with E-state index in [9.17, 15) is 0 Å². The molecule has 0 bridgehead atoms. The van der Waals surface area contributed by atoms with Crippen LogP contribution in [0.4, 0.5) is 5.82 Å². The molecule has 4 aromatic rings. The summed E-state index contributed by atoms with van der Waals surface area (Å²) in [5.74, 6) is 1.87. The van der Waals surface area contributed by atoms with Gasteiger partial charge >= 0.3 is 0 Å². The number of rotatable bonds is 6. The number of aryl methyl sites for hydroxylation is 2. The predicted octanol–water partition coefficient (Wildman–Crippen LogP) is 3.93. The van der Waals surface area contributed by atoms with Crippen molar-refractivity contribution < 1.29 is 0 Å². The Kier molecular flexibility index (Phi) is 4.62. The van der Waals surface area contributed by atoms with Gasteiger partial charge < -0.3 is 9.88 Å². The molecule has 1 aromatic carbocycles. The third-order valence-electron chi connectivity index (χ3n) is 4.39. The van der Waals surface area contributed by atoms with Crippen molar-refractivity contribution in [1.29, 1.82) is 0 Å². The van der Waals surface area contributed by atoms with Gasteiger partial charge in [-0.2, -0.15) is 0 Å². The van der Waals surface area contributed by atoms with Gasteiger partial charge in [0.15, 0.2) is 0 Å². The highest BCUT2D eigenvalue weighted by Gasteiger charge is 2.13. The summed E-state index contributed by atoms with van der Waals surface area (Å²) in [7, 11) is 0. The van der Waals surface area contributed by atoms with Gasteiger partial charge in [-0.05, 0) is 12.5 Å². The van der Waals surface area contributed by atoms with Gasteiger partial charge in [-0.25, -0.2) is 9.97 Å². The molecule has 6 nitrogen and oxygen atoms in total. The Labute approximate surface area is 156 Å². The van der Waals surface area contributed by atoms with Crippen LogP contribution in [0, 0.1) is 6.92 Å². The lowest BCUT2D eigenvalue weighted by Crippen LogP contribution is -2.13. The minimum atomic E-state index is 0.750. The molecule has 0 saturated carbocycles. The molecule has 0 radical (unpaired) electrons. The summed E-state index contributed by atoms with van der Waals surface area (Å²) >= 11 is 1.65. The predicted molar refractivity (Wildman–Crippen MR) is 105 cm³/mol. The van der Waals surface area contributed by atoms with Crippen LogP contribution in [0.2, 0.25) is 0 Å². The number of hydrogen-bond donors (Lipinski definition) is 1. The SMILES string of the molecule is CCc1nncn1CCNc1ncnc2scc(-c3ccc(C)cc3)c12. The average Bonchev–Trinajstić information content (AvgIpc) is 3.29. The van der Waals surface area contributed by atoms with E-state index in [0.717, 1.165) is 41.4 Å². The van der Waals surface area contributed by atoms with E-state index < -0.39 is 0 Å². The normalized spacial score (nSPS) is 11.2. The van der Waals surface area contributed by atoms with Crippen molar-refractivity contribution >= 4 is 27.4 Å². The van der Waals surface area contributed by atoms with Gasteiger partial charge in [-0.3, -0.25) is 0 Å². The lowest BCUT2D eigenvalue weighted by molar-refractivity contribution is 0.680. The molecule has 26 heavy (non-hydrogen) atoms. The largest absolute Gasteiger partial charge is 0.368 e. The lowest BCUT2D eigenvalue weighted by atomic mass is 10.0. The molecule has 3 heterocycles. The fourth-order valence-electron chi connectivity index (χ4n) is 2.99.